The summed E-state index contributed by atoms with van der Waals surface area (Å²) in [6.07, 6.45) is 0. The first-order chi connectivity index (χ1) is 9.11. The van der Waals surface area contributed by atoms with Crippen molar-refractivity contribution >= 4 is 23.2 Å². The van der Waals surface area contributed by atoms with Gasteiger partial charge in [0.2, 0.25) is 0 Å². The van der Waals surface area contributed by atoms with Gasteiger partial charge in [-0.1, -0.05) is 29.8 Å². The zero-order chi connectivity index (χ0) is 13.8. The Bertz CT molecular complexity index is 564. The van der Waals surface area contributed by atoms with E-state index in [-0.39, 0.29) is 12.5 Å². The van der Waals surface area contributed by atoms with Crippen LogP contribution in [0.15, 0.2) is 36.4 Å². The zero-order valence-corrected chi connectivity index (χ0v) is 11.3. The summed E-state index contributed by atoms with van der Waals surface area (Å²) < 4.78 is 32.4. The van der Waals surface area contributed by atoms with Crippen LogP contribution >= 0.6 is 23.2 Å². The first kappa shape index (κ1) is 14.1. The summed E-state index contributed by atoms with van der Waals surface area (Å²) in [6.45, 7) is -0.00622. The van der Waals surface area contributed by atoms with Crippen LogP contribution in [0.5, 0.6) is 5.75 Å². The standard InChI is InChI=1S/C14H10Cl2F2O/c15-7-9-5-12(17)14(13(18)6-9)19-8-10-3-1-2-4-11(10)16/h1-6H,7-8H2. The minimum Gasteiger partial charge on any atom is -0.483 e. The largest absolute Gasteiger partial charge is 0.483 e. The lowest BCUT2D eigenvalue weighted by Gasteiger charge is -2.10. The van der Waals surface area contributed by atoms with Crippen molar-refractivity contribution in [2.45, 2.75) is 12.5 Å². The van der Waals surface area contributed by atoms with Gasteiger partial charge in [0.1, 0.15) is 6.61 Å². The SMILES string of the molecule is Fc1cc(CCl)cc(F)c1OCc1ccccc1Cl. The summed E-state index contributed by atoms with van der Waals surface area (Å²) in [5, 5.41) is 0.487. The molecule has 5 heteroatoms. The molecule has 0 N–H and O–H groups in total. The van der Waals surface area contributed by atoms with Crippen LogP contribution in [0, 0.1) is 11.6 Å². The summed E-state index contributed by atoms with van der Waals surface area (Å²) in [5.74, 6) is -1.93. The minimum absolute atomic E-state index is 0.00622. The van der Waals surface area contributed by atoms with E-state index in [9.17, 15) is 8.78 Å². The van der Waals surface area contributed by atoms with Crippen LogP contribution in [0.25, 0.3) is 0 Å². The molecule has 0 aliphatic rings. The highest BCUT2D eigenvalue weighted by atomic mass is 35.5. The van der Waals surface area contributed by atoms with Crippen molar-refractivity contribution in [3.63, 3.8) is 0 Å². The Kier molecular flexibility index (Phi) is 4.61. The highest BCUT2D eigenvalue weighted by Crippen LogP contribution is 2.26. The molecule has 0 amide bonds. The lowest BCUT2D eigenvalue weighted by atomic mass is 10.2. The maximum atomic E-state index is 13.6. The van der Waals surface area contributed by atoms with Crippen molar-refractivity contribution in [3.05, 3.63) is 64.2 Å². The van der Waals surface area contributed by atoms with Gasteiger partial charge in [-0.2, -0.15) is 0 Å². The van der Waals surface area contributed by atoms with E-state index in [0.717, 1.165) is 12.1 Å². The highest BCUT2D eigenvalue weighted by Gasteiger charge is 2.13. The van der Waals surface area contributed by atoms with E-state index in [1.807, 2.05) is 0 Å². The number of hydrogen-bond acceptors (Lipinski definition) is 1. The zero-order valence-electron chi connectivity index (χ0n) is 9.80. The molecule has 0 aliphatic heterocycles. The Morgan fingerprint density at radius 3 is 2.26 bits per heavy atom. The van der Waals surface area contributed by atoms with Crippen LogP contribution in [0.1, 0.15) is 11.1 Å². The second-order valence-electron chi connectivity index (χ2n) is 3.90. The predicted molar refractivity (Wildman–Crippen MR) is 71.7 cm³/mol. The first-order valence-corrected chi connectivity index (χ1v) is 6.43. The average Bonchev–Trinajstić information content (AvgIpc) is 2.39. The third kappa shape index (κ3) is 3.37. The van der Waals surface area contributed by atoms with Gasteiger partial charge in [-0.15, -0.1) is 11.6 Å². The van der Waals surface area contributed by atoms with E-state index < -0.39 is 17.4 Å². The lowest BCUT2D eigenvalue weighted by molar-refractivity contribution is 0.274. The van der Waals surface area contributed by atoms with Crippen LogP contribution in [0.3, 0.4) is 0 Å². The quantitative estimate of drug-likeness (QED) is 0.727. The van der Waals surface area contributed by atoms with Gasteiger partial charge in [0.25, 0.3) is 0 Å². The molecular formula is C14H10Cl2F2O. The molecule has 2 aromatic carbocycles. The summed E-state index contributed by atoms with van der Waals surface area (Å²) in [7, 11) is 0. The molecule has 0 bridgehead atoms. The first-order valence-electron chi connectivity index (χ1n) is 5.52. The predicted octanol–water partition coefficient (Wildman–Crippen LogP) is 4.94. The molecule has 0 heterocycles. The van der Waals surface area contributed by atoms with E-state index >= 15 is 0 Å². The van der Waals surface area contributed by atoms with Gasteiger partial charge in [-0.25, -0.2) is 8.78 Å². The summed E-state index contributed by atoms with van der Waals surface area (Å²) in [6, 6.07) is 9.25. The lowest BCUT2D eigenvalue weighted by Crippen LogP contribution is -2.01. The maximum absolute atomic E-state index is 13.6. The number of hydrogen-bond donors (Lipinski definition) is 0. The van der Waals surface area contributed by atoms with E-state index in [0.29, 0.717) is 16.1 Å². The highest BCUT2D eigenvalue weighted by molar-refractivity contribution is 6.31. The van der Waals surface area contributed by atoms with Crippen LogP contribution in [0.2, 0.25) is 5.02 Å². The molecule has 0 unspecified atom stereocenters. The molecule has 0 aliphatic carbocycles. The number of rotatable bonds is 4. The molecule has 2 rings (SSSR count). The average molecular weight is 303 g/mol. The molecule has 2 aromatic rings. The van der Waals surface area contributed by atoms with Crippen LogP contribution < -0.4 is 4.74 Å². The molecule has 0 fully saturated rings. The molecule has 19 heavy (non-hydrogen) atoms. The van der Waals surface area contributed by atoms with Crippen molar-refractivity contribution in [1.29, 1.82) is 0 Å². The monoisotopic (exact) mass is 302 g/mol. The normalized spacial score (nSPS) is 10.5. The summed E-state index contributed by atoms with van der Waals surface area (Å²) in [4.78, 5) is 0. The van der Waals surface area contributed by atoms with Crippen molar-refractivity contribution in [2.75, 3.05) is 0 Å². The molecule has 0 spiro atoms. The van der Waals surface area contributed by atoms with Gasteiger partial charge in [-0.05, 0) is 23.8 Å². The molecule has 0 atom stereocenters. The third-order valence-corrected chi connectivity index (χ3v) is 3.22. The van der Waals surface area contributed by atoms with Crippen LogP contribution in [-0.4, -0.2) is 0 Å². The smallest absolute Gasteiger partial charge is 0.191 e. The van der Waals surface area contributed by atoms with Crippen LogP contribution in [0.4, 0.5) is 8.78 Å². The maximum Gasteiger partial charge on any atom is 0.191 e. The number of alkyl halides is 1. The van der Waals surface area contributed by atoms with Crippen molar-refractivity contribution in [1.82, 2.24) is 0 Å². The second kappa shape index (κ2) is 6.22. The topological polar surface area (TPSA) is 9.23 Å². The fourth-order valence-electron chi connectivity index (χ4n) is 1.59. The Morgan fingerprint density at radius 1 is 1.05 bits per heavy atom. The molecule has 100 valence electrons. The van der Waals surface area contributed by atoms with E-state index in [1.165, 1.54) is 0 Å². The van der Waals surface area contributed by atoms with Crippen molar-refractivity contribution in [2.24, 2.45) is 0 Å². The molecule has 1 nitrogen and oxygen atoms in total. The second-order valence-corrected chi connectivity index (χ2v) is 4.58. The number of halogens is 4. The Hall–Kier alpha value is -1.32. The van der Waals surface area contributed by atoms with Gasteiger partial charge in [0.05, 0.1) is 0 Å². The Morgan fingerprint density at radius 2 is 1.68 bits per heavy atom. The van der Waals surface area contributed by atoms with Gasteiger partial charge in [-0.3, -0.25) is 0 Å². The minimum atomic E-state index is -0.775. The number of benzene rings is 2. The number of ether oxygens (including phenoxy) is 1. The van der Waals surface area contributed by atoms with Crippen molar-refractivity contribution in [3.8, 4) is 5.75 Å². The fourth-order valence-corrected chi connectivity index (χ4v) is 1.94. The molecule has 0 saturated heterocycles. The van der Waals surface area contributed by atoms with Gasteiger partial charge < -0.3 is 4.74 Å². The Labute approximate surface area is 119 Å². The van der Waals surface area contributed by atoms with Crippen molar-refractivity contribution < 1.29 is 13.5 Å². The van der Waals surface area contributed by atoms with E-state index in [4.69, 9.17) is 27.9 Å². The molecule has 0 aromatic heterocycles. The van der Waals surface area contributed by atoms with Gasteiger partial charge in [0.15, 0.2) is 17.4 Å². The molecule has 0 radical (unpaired) electrons. The fraction of sp³-hybridized carbons (Fsp3) is 0.143. The van der Waals surface area contributed by atoms with Crippen LogP contribution in [-0.2, 0) is 12.5 Å². The van der Waals surface area contributed by atoms with E-state index in [1.54, 1.807) is 24.3 Å². The summed E-state index contributed by atoms with van der Waals surface area (Å²) >= 11 is 11.5. The third-order valence-electron chi connectivity index (χ3n) is 2.54. The van der Waals surface area contributed by atoms with E-state index in [2.05, 4.69) is 0 Å². The molecular weight excluding hydrogens is 293 g/mol. The Balaban J connectivity index is 2.18. The molecule has 0 saturated carbocycles. The van der Waals surface area contributed by atoms with Gasteiger partial charge in [0, 0.05) is 16.5 Å². The summed E-state index contributed by atoms with van der Waals surface area (Å²) in [5.41, 5.74) is 1.02. The van der Waals surface area contributed by atoms with Gasteiger partial charge >= 0.3 is 0 Å².